The fraction of sp³-hybridized carbons (Fsp3) is 0.500. The van der Waals surface area contributed by atoms with Crippen LogP contribution in [0, 0.1) is 0 Å². The summed E-state index contributed by atoms with van der Waals surface area (Å²) in [5, 5.41) is 0. The summed E-state index contributed by atoms with van der Waals surface area (Å²) in [7, 11) is -0.161. The van der Waals surface area contributed by atoms with Crippen LogP contribution in [-0.2, 0) is 14.5 Å². The maximum atomic E-state index is 12.2. The molecule has 0 aliphatic carbocycles. The average Bonchev–Trinajstić information content (AvgIpc) is 2.15. The first-order valence-electron chi connectivity index (χ1n) is 5.65. The molecule has 96 valence electrons. The standard InChI is InChI=1S/C9H12NO2S.3CH3.Sn/c1-8-6-4-5-7-9(8)13(11,12)10(2)3;;;;/h4-7H,1H2,2-3H3;3*1H3;. The van der Waals surface area contributed by atoms with Crippen LogP contribution < -0.4 is 0 Å². The molecule has 0 unspecified atom stereocenters. The second-order valence-electron chi connectivity index (χ2n) is 5.63. The summed E-state index contributed by atoms with van der Waals surface area (Å²) in [6, 6.07) is 7.36. The van der Waals surface area contributed by atoms with E-state index in [1.165, 1.54) is 4.31 Å². The summed E-state index contributed by atoms with van der Waals surface area (Å²) in [5.41, 5.74) is 0.976. The molecule has 1 aromatic rings. The molecular formula is C12H21NO2SSn. The third-order valence-electron chi connectivity index (χ3n) is 2.45. The second-order valence-corrected chi connectivity index (χ2v) is 23.4. The van der Waals surface area contributed by atoms with Gasteiger partial charge in [0.2, 0.25) is 0 Å². The van der Waals surface area contributed by atoms with E-state index in [0.717, 1.165) is 10.0 Å². The number of nitrogens with zero attached hydrogens (tertiary/aromatic N) is 1. The number of rotatable bonds is 4. The Labute approximate surface area is 109 Å². The zero-order valence-corrected chi connectivity index (χ0v) is 14.9. The van der Waals surface area contributed by atoms with E-state index in [-0.39, 0.29) is 0 Å². The molecule has 0 saturated carbocycles. The minimum absolute atomic E-state index is 0.469. The van der Waals surface area contributed by atoms with Crippen LogP contribution in [-0.4, -0.2) is 45.2 Å². The third kappa shape index (κ3) is 3.96. The van der Waals surface area contributed by atoms with E-state index in [1.54, 1.807) is 26.2 Å². The summed E-state index contributed by atoms with van der Waals surface area (Å²) >= 11 is -2.04. The van der Waals surface area contributed by atoms with Gasteiger partial charge >= 0.3 is 109 Å². The molecule has 17 heavy (non-hydrogen) atoms. The Balaban J connectivity index is 3.27. The van der Waals surface area contributed by atoms with Crippen LogP contribution in [0.25, 0.3) is 0 Å². The first-order chi connectivity index (χ1) is 7.64. The van der Waals surface area contributed by atoms with Crippen molar-refractivity contribution in [3.8, 4) is 0 Å². The van der Waals surface area contributed by atoms with Gasteiger partial charge in [0, 0.05) is 0 Å². The Kier molecular flexibility index (Phi) is 4.66. The molecule has 1 rings (SSSR count). The molecule has 0 aliphatic heterocycles. The van der Waals surface area contributed by atoms with Gasteiger partial charge < -0.3 is 0 Å². The van der Waals surface area contributed by atoms with Crippen molar-refractivity contribution >= 4 is 28.4 Å². The van der Waals surface area contributed by atoms with Gasteiger partial charge in [0.05, 0.1) is 0 Å². The van der Waals surface area contributed by atoms with Crippen molar-refractivity contribution in [2.75, 3.05) is 14.1 Å². The maximum absolute atomic E-state index is 12.2. The predicted molar refractivity (Wildman–Crippen MR) is 74.4 cm³/mol. The van der Waals surface area contributed by atoms with E-state index in [0.29, 0.717) is 4.90 Å². The number of benzene rings is 1. The van der Waals surface area contributed by atoms with E-state index in [9.17, 15) is 8.42 Å². The first-order valence-corrected chi connectivity index (χ1v) is 17.7. The molecule has 0 saturated heterocycles. The Morgan fingerprint density at radius 3 is 2.12 bits per heavy atom. The minimum atomic E-state index is -3.31. The summed E-state index contributed by atoms with van der Waals surface area (Å²) in [6.07, 6.45) is 0. The van der Waals surface area contributed by atoms with Crippen molar-refractivity contribution < 1.29 is 8.42 Å². The number of hydrogen-bond donors (Lipinski definition) is 0. The Bertz CT molecular complexity index is 489. The van der Waals surface area contributed by atoms with Crippen LogP contribution in [0.2, 0.25) is 14.8 Å². The molecule has 0 spiro atoms. The third-order valence-corrected chi connectivity index (χ3v) is 8.48. The van der Waals surface area contributed by atoms with Gasteiger partial charge in [-0.15, -0.1) is 0 Å². The van der Waals surface area contributed by atoms with Gasteiger partial charge in [-0.25, -0.2) is 0 Å². The van der Waals surface area contributed by atoms with E-state index >= 15 is 0 Å². The topological polar surface area (TPSA) is 37.4 Å². The monoisotopic (exact) mass is 363 g/mol. The van der Waals surface area contributed by atoms with E-state index in [2.05, 4.69) is 14.8 Å². The van der Waals surface area contributed by atoms with Crippen molar-refractivity contribution in [3.63, 3.8) is 0 Å². The van der Waals surface area contributed by atoms with Gasteiger partial charge in [-0.2, -0.15) is 0 Å². The van der Waals surface area contributed by atoms with Crippen LogP contribution in [0.4, 0.5) is 0 Å². The molecule has 0 fully saturated rings. The molecule has 5 heteroatoms. The molecule has 3 nitrogen and oxygen atoms in total. The van der Waals surface area contributed by atoms with Gasteiger partial charge in [-0.1, -0.05) is 0 Å². The van der Waals surface area contributed by atoms with Gasteiger partial charge in [-0.3, -0.25) is 0 Å². The molecular weight excluding hydrogens is 341 g/mol. The molecule has 0 aliphatic rings. The molecule has 0 amide bonds. The summed E-state index contributed by atoms with van der Waals surface area (Å²) in [4.78, 5) is 7.41. The zero-order chi connectivity index (χ0) is 13.3. The summed E-state index contributed by atoms with van der Waals surface area (Å²) in [5.74, 6) is 0. The molecule has 0 bridgehead atoms. The average molecular weight is 362 g/mol. The SMILES string of the molecule is CN(C)S(=O)(=O)c1ccccc1[CH2][Sn]([CH3])([CH3])[CH3]. The van der Waals surface area contributed by atoms with Gasteiger partial charge in [0.15, 0.2) is 0 Å². The van der Waals surface area contributed by atoms with E-state index in [4.69, 9.17) is 0 Å². The van der Waals surface area contributed by atoms with E-state index in [1.807, 2.05) is 12.1 Å². The van der Waals surface area contributed by atoms with Crippen molar-refractivity contribution in [1.29, 1.82) is 0 Å². The first kappa shape index (κ1) is 15.0. The van der Waals surface area contributed by atoms with Crippen molar-refractivity contribution in [1.82, 2.24) is 4.31 Å². The van der Waals surface area contributed by atoms with Gasteiger partial charge in [-0.05, 0) is 0 Å². The van der Waals surface area contributed by atoms with Crippen LogP contribution in [0.15, 0.2) is 29.2 Å². The molecule has 0 N–H and O–H groups in total. The molecule has 0 radical (unpaired) electrons. The number of sulfonamides is 1. The summed E-state index contributed by atoms with van der Waals surface area (Å²) < 4.78 is 26.6. The van der Waals surface area contributed by atoms with Crippen molar-refractivity contribution in [3.05, 3.63) is 29.8 Å². The fourth-order valence-electron chi connectivity index (χ4n) is 1.67. The van der Waals surface area contributed by atoms with Crippen LogP contribution in [0.5, 0.6) is 0 Å². The number of hydrogen-bond acceptors (Lipinski definition) is 2. The molecule has 0 atom stereocenters. The quantitative estimate of drug-likeness (QED) is 0.772. The normalized spacial score (nSPS) is 13.1. The molecule has 0 heterocycles. The predicted octanol–water partition coefficient (Wildman–Crippen LogP) is 2.36. The zero-order valence-electron chi connectivity index (χ0n) is 11.2. The Hall–Kier alpha value is -0.0713. The molecule has 1 aromatic carbocycles. The van der Waals surface area contributed by atoms with Crippen LogP contribution in [0.3, 0.4) is 0 Å². The van der Waals surface area contributed by atoms with Crippen LogP contribution in [0.1, 0.15) is 5.56 Å². The fourth-order valence-corrected chi connectivity index (χ4v) is 7.29. The second kappa shape index (κ2) is 5.28. The van der Waals surface area contributed by atoms with E-state index < -0.39 is 28.4 Å². The van der Waals surface area contributed by atoms with Gasteiger partial charge in [0.1, 0.15) is 0 Å². The summed E-state index contributed by atoms with van der Waals surface area (Å²) in [6.45, 7) is 0. The van der Waals surface area contributed by atoms with Crippen molar-refractivity contribution in [2.45, 2.75) is 24.2 Å². The Morgan fingerprint density at radius 1 is 1.12 bits per heavy atom. The van der Waals surface area contributed by atoms with Crippen LogP contribution >= 0.6 is 0 Å². The molecule has 0 aromatic heterocycles. The van der Waals surface area contributed by atoms with Gasteiger partial charge in [0.25, 0.3) is 0 Å². The Morgan fingerprint density at radius 2 is 1.65 bits per heavy atom. The van der Waals surface area contributed by atoms with Crippen molar-refractivity contribution in [2.24, 2.45) is 0 Å².